The summed E-state index contributed by atoms with van der Waals surface area (Å²) in [5, 5.41) is 11.2. The van der Waals surface area contributed by atoms with Gasteiger partial charge in [-0.15, -0.1) is 11.3 Å². The second-order valence-corrected chi connectivity index (χ2v) is 5.52. The number of thiophene rings is 1. The number of hydrogen-bond donors (Lipinski definition) is 1. The highest BCUT2D eigenvalue weighted by atomic mass is 79.9. The zero-order valence-electron chi connectivity index (χ0n) is 6.52. The Hall–Kier alpha value is 0.480. The normalized spacial score (nSPS) is 17.1. The third kappa shape index (κ3) is 2.29. The van der Waals surface area contributed by atoms with Gasteiger partial charge in [-0.1, -0.05) is 0 Å². The van der Waals surface area contributed by atoms with Crippen molar-refractivity contribution in [3.05, 3.63) is 20.8 Å². The molecule has 0 aliphatic rings. The molecule has 13 heavy (non-hydrogen) atoms. The number of halogens is 4. The Morgan fingerprint density at radius 1 is 1.54 bits per heavy atom. The number of aliphatic hydroxyl groups is 1. The van der Waals surface area contributed by atoms with Gasteiger partial charge in [0.25, 0.3) is 0 Å². The molecule has 0 saturated heterocycles. The van der Waals surface area contributed by atoms with Crippen LogP contribution in [0, 0.1) is 0 Å². The molecule has 1 aromatic heterocycles. The Morgan fingerprint density at radius 2 is 2.08 bits per heavy atom. The summed E-state index contributed by atoms with van der Waals surface area (Å²) >= 11 is 6.36. The summed E-state index contributed by atoms with van der Waals surface area (Å²) in [6.45, 7) is 1.07. The number of rotatable bonds is 2. The van der Waals surface area contributed by atoms with Gasteiger partial charge in [0.05, 0.1) is 0 Å². The van der Waals surface area contributed by atoms with E-state index in [-0.39, 0.29) is 4.88 Å². The molecular weight excluding hydrogens is 330 g/mol. The van der Waals surface area contributed by atoms with Crippen LogP contribution in [0.4, 0.5) is 8.78 Å². The molecule has 1 N–H and O–H groups in total. The van der Waals surface area contributed by atoms with Crippen LogP contribution in [0.5, 0.6) is 0 Å². The Kier molecular flexibility index (Phi) is 3.17. The van der Waals surface area contributed by atoms with Gasteiger partial charge in [0.2, 0.25) is 0 Å². The summed E-state index contributed by atoms with van der Waals surface area (Å²) in [5.41, 5.74) is -2.18. The Labute approximate surface area is 95.0 Å². The molecule has 6 heteroatoms. The van der Waals surface area contributed by atoms with Crippen LogP contribution in [0.2, 0.25) is 0 Å². The van der Waals surface area contributed by atoms with Crippen LogP contribution in [0.15, 0.2) is 15.9 Å². The molecule has 74 valence electrons. The first-order valence-electron chi connectivity index (χ1n) is 3.29. The lowest BCUT2D eigenvalue weighted by Gasteiger charge is -2.26. The molecule has 0 aliphatic carbocycles. The van der Waals surface area contributed by atoms with Crippen LogP contribution in [-0.4, -0.2) is 9.94 Å². The molecule has 0 spiro atoms. The lowest BCUT2D eigenvalue weighted by Crippen LogP contribution is -2.37. The van der Waals surface area contributed by atoms with Crippen molar-refractivity contribution >= 4 is 43.2 Å². The van der Waals surface area contributed by atoms with E-state index in [4.69, 9.17) is 0 Å². The van der Waals surface area contributed by atoms with Gasteiger partial charge in [0.15, 0.2) is 5.60 Å². The molecule has 0 fully saturated rings. The molecular formula is C7H6Br2F2OS. The van der Waals surface area contributed by atoms with Gasteiger partial charge in [-0.05, 0) is 44.8 Å². The van der Waals surface area contributed by atoms with E-state index < -0.39 is 10.4 Å². The standard InChI is InChI=1S/C7H6Br2F2OS/c1-6(12,7(9,10)11)5-2-4(8)3-13-5/h2-3,12H,1H3. The predicted molar refractivity (Wildman–Crippen MR) is 55.5 cm³/mol. The molecule has 1 nitrogen and oxygen atoms in total. The van der Waals surface area contributed by atoms with Gasteiger partial charge >= 0.3 is 4.83 Å². The van der Waals surface area contributed by atoms with Crippen molar-refractivity contribution in [3.8, 4) is 0 Å². The monoisotopic (exact) mass is 334 g/mol. The first-order chi connectivity index (χ1) is 5.75. The number of alkyl halides is 3. The van der Waals surface area contributed by atoms with Gasteiger partial charge in [-0.25, -0.2) is 0 Å². The Balaban J connectivity index is 3.07. The molecule has 1 heterocycles. The van der Waals surface area contributed by atoms with Crippen molar-refractivity contribution in [1.82, 2.24) is 0 Å². The summed E-state index contributed by atoms with van der Waals surface area (Å²) in [7, 11) is 0. The largest absolute Gasteiger partial charge is 0.377 e. The molecule has 0 saturated carbocycles. The average Bonchev–Trinajstić information content (AvgIpc) is 2.33. The van der Waals surface area contributed by atoms with E-state index in [9.17, 15) is 13.9 Å². The van der Waals surface area contributed by atoms with Gasteiger partial charge in [-0.2, -0.15) is 8.78 Å². The fourth-order valence-electron chi connectivity index (χ4n) is 0.708. The molecule has 1 unspecified atom stereocenters. The topological polar surface area (TPSA) is 20.2 Å². The molecule has 0 radical (unpaired) electrons. The highest BCUT2D eigenvalue weighted by Gasteiger charge is 2.48. The van der Waals surface area contributed by atoms with Gasteiger partial charge in [0.1, 0.15) is 0 Å². The lowest BCUT2D eigenvalue weighted by atomic mass is 10.1. The van der Waals surface area contributed by atoms with E-state index in [0.29, 0.717) is 4.47 Å². The summed E-state index contributed by atoms with van der Waals surface area (Å²) in [6.07, 6.45) is 0. The van der Waals surface area contributed by atoms with Crippen molar-refractivity contribution < 1.29 is 13.9 Å². The maximum Gasteiger partial charge on any atom is 0.334 e. The summed E-state index contributed by atoms with van der Waals surface area (Å²) < 4.78 is 26.4. The quantitative estimate of drug-likeness (QED) is 0.817. The van der Waals surface area contributed by atoms with Gasteiger partial charge in [0, 0.05) is 14.7 Å². The zero-order valence-corrected chi connectivity index (χ0v) is 10.5. The minimum absolute atomic E-state index is 0.209. The second-order valence-electron chi connectivity index (χ2n) is 2.70. The van der Waals surface area contributed by atoms with Gasteiger partial charge in [-0.3, -0.25) is 0 Å². The third-order valence-corrected chi connectivity index (χ3v) is 4.27. The Bertz CT molecular complexity index is 306. The van der Waals surface area contributed by atoms with Gasteiger partial charge < -0.3 is 5.11 Å². The first kappa shape index (κ1) is 11.6. The molecule has 0 amide bonds. The molecule has 1 atom stereocenters. The van der Waals surface area contributed by atoms with E-state index in [0.717, 1.165) is 18.3 Å². The lowest BCUT2D eigenvalue weighted by molar-refractivity contribution is -0.106. The molecule has 0 aromatic carbocycles. The summed E-state index contributed by atoms with van der Waals surface area (Å²) in [4.78, 5) is -3.12. The van der Waals surface area contributed by atoms with E-state index in [1.165, 1.54) is 6.07 Å². The minimum Gasteiger partial charge on any atom is -0.377 e. The van der Waals surface area contributed by atoms with Crippen molar-refractivity contribution in [2.24, 2.45) is 0 Å². The summed E-state index contributed by atoms with van der Waals surface area (Å²) in [5.74, 6) is 0. The van der Waals surface area contributed by atoms with Crippen LogP contribution in [0.25, 0.3) is 0 Å². The predicted octanol–water partition coefficient (Wildman–Crippen LogP) is 3.71. The van der Waals surface area contributed by atoms with Crippen LogP contribution in [-0.2, 0) is 5.60 Å². The van der Waals surface area contributed by atoms with Crippen LogP contribution < -0.4 is 0 Å². The maximum absolute atomic E-state index is 12.9. The fraction of sp³-hybridized carbons (Fsp3) is 0.429. The zero-order chi connectivity index (χ0) is 10.3. The van der Waals surface area contributed by atoms with E-state index >= 15 is 0 Å². The van der Waals surface area contributed by atoms with Crippen molar-refractivity contribution in [2.45, 2.75) is 17.4 Å². The van der Waals surface area contributed by atoms with Crippen molar-refractivity contribution in [1.29, 1.82) is 0 Å². The van der Waals surface area contributed by atoms with E-state index in [2.05, 4.69) is 31.9 Å². The second kappa shape index (κ2) is 3.56. The summed E-state index contributed by atoms with van der Waals surface area (Å²) in [6, 6.07) is 1.47. The van der Waals surface area contributed by atoms with Crippen LogP contribution >= 0.6 is 43.2 Å². The third-order valence-electron chi connectivity index (χ3n) is 1.60. The molecule has 1 rings (SSSR count). The molecule has 0 aliphatic heterocycles. The van der Waals surface area contributed by atoms with E-state index in [1.807, 2.05) is 0 Å². The van der Waals surface area contributed by atoms with Crippen LogP contribution in [0.1, 0.15) is 11.8 Å². The maximum atomic E-state index is 12.9. The molecule has 1 aromatic rings. The van der Waals surface area contributed by atoms with Crippen LogP contribution in [0.3, 0.4) is 0 Å². The highest BCUT2D eigenvalue weighted by Crippen LogP contribution is 2.44. The van der Waals surface area contributed by atoms with E-state index in [1.54, 1.807) is 5.38 Å². The first-order valence-corrected chi connectivity index (χ1v) is 5.75. The fourth-order valence-corrected chi connectivity index (χ4v) is 2.57. The highest BCUT2D eigenvalue weighted by molar-refractivity contribution is 9.10. The van der Waals surface area contributed by atoms with Crippen molar-refractivity contribution in [3.63, 3.8) is 0 Å². The van der Waals surface area contributed by atoms with Crippen molar-refractivity contribution in [2.75, 3.05) is 0 Å². The Morgan fingerprint density at radius 3 is 2.38 bits per heavy atom. The molecule has 0 bridgehead atoms. The SMILES string of the molecule is CC(O)(c1cc(Br)cs1)C(F)(F)Br. The average molecular weight is 336 g/mol. The minimum atomic E-state index is -3.33. The smallest absolute Gasteiger partial charge is 0.334 e. The number of hydrogen-bond acceptors (Lipinski definition) is 2.